The van der Waals surface area contributed by atoms with Crippen molar-refractivity contribution in [1.29, 1.82) is 0 Å². The van der Waals surface area contributed by atoms with Gasteiger partial charge in [0.15, 0.2) is 5.58 Å². The third kappa shape index (κ3) is 5.10. The summed E-state index contributed by atoms with van der Waals surface area (Å²) >= 11 is 0. The molecule has 0 saturated carbocycles. The topological polar surface area (TPSA) is 31.0 Å². The van der Waals surface area contributed by atoms with Crippen molar-refractivity contribution < 1.29 is 4.42 Å². The van der Waals surface area contributed by atoms with E-state index >= 15 is 0 Å². The average Bonchev–Trinajstić information content (AvgIpc) is 3.80. The largest absolute Gasteiger partial charge is 0.436 e. The van der Waals surface area contributed by atoms with Crippen LogP contribution in [0.5, 0.6) is 0 Å². The summed E-state index contributed by atoms with van der Waals surface area (Å²) in [4.78, 5) is 4.82. The van der Waals surface area contributed by atoms with E-state index in [1.165, 1.54) is 49.6 Å². The Hall–Kier alpha value is -6.97. The Kier molecular flexibility index (Phi) is 7.14. The molecule has 0 unspecified atom stereocenters. The maximum atomic E-state index is 6.29. The minimum atomic E-state index is 0.620. The monoisotopic (exact) mass is 664 g/mol. The fourth-order valence-corrected chi connectivity index (χ4v) is 7.59. The normalized spacial score (nSPS) is 11.5. The quantitative estimate of drug-likeness (QED) is 0.177. The zero-order valence-corrected chi connectivity index (χ0v) is 28.3. The number of hydrogen-bond acceptors (Lipinski definition) is 2. The van der Waals surface area contributed by atoms with Crippen LogP contribution in [-0.2, 0) is 0 Å². The molecule has 0 atom stereocenters. The van der Waals surface area contributed by atoms with E-state index in [1.807, 2.05) is 12.1 Å². The van der Waals surface area contributed by atoms with Crippen molar-refractivity contribution in [3.8, 4) is 61.6 Å². The molecule has 0 aliphatic heterocycles. The highest BCUT2D eigenvalue weighted by Crippen LogP contribution is 2.41. The predicted octanol–water partition coefficient (Wildman–Crippen LogP) is 13.3. The zero-order chi connectivity index (χ0) is 34.4. The van der Waals surface area contributed by atoms with Gasteiger partial charge >= 0.3 is 0 Å². The number of rotatable bonds is 6. The van der Waals surface area contributed by atoms with Crippen LogP contribution in [0.3, 0.4) is 0 Å². The fourth-order valence-electron chi connectivity index (χ4n) is 7.59. The van der Waals surface area contributed by atoms with Gasteiger partial charge in [-0.05, 0) is 99.1 Å². The first-order valence-electron chi connectivity index (χ1n) is 17.6. The lowest BCUT2D eigenvalue weighted by Gasteiger charge is -2.15. The van der Waals surface area contributed by atoms with Crippen molar-refractivity contribution in [2.45, 2.75) is 0 Å². The van der Waals surface area contributed by atoms with Crippen LogP contribution < -0.4 is 0 Å². The van der Waals surface area contributed by atoms with Gasteiger partial charge in [0.2, 0.25) is 5.89 Å². The molecule has 3 nitrogen and oxygen atoms in total. The van der Waals surface area contributed by atoms with E-state index in [-0.39, 0.29) is 0 Å². The second-order valence-electron chi connectivity index (χ2n) is 13.2. The van der Waals surface area contributed by atoms with Crippen molar-refractivity contribution in [2.24, 2.45) is 0 Å². The molecule has 0 spiro atoms. The Morgan fingerprint density at radius 2 is 0.923 bits per heavy atom. The zero-order valence-electron chi connectivity index (χ0n) is 28.3. The Bertz CT molecular complexity index is 2880. The number of para-hydroxylation sites is 2. The summed E-state index contributed by atoms with van der Waals surface area (Å²) in [6.45, 7) is 0. The van der Waals surface area contributed by atoms with E-state index in [2.05, 4.69) is 187 Å². The maximum Gasteiger partial charge on any atom is 0.227 e. The van der Waals surface area contributed by atoms with Crippen LogP contribution >= 0.6 is 0 Å². The summed E-state index contributed by atoms with van der Waals surface area (Å²) < 4.78 is 8.65. The molecule has 8 aromatic carbocycles. The van der Waals surface area contributed by atoms with Crippen LogP contribution in [-0.4, -0.2) is 9.55 Å². The van der Waals surface area contributed by atoms with Gasteiger partial charge in [-0.1, -0.05) is 140 Å². The number of benzene rings is 8. The summed E-state index contributed by atoms with van der Waals surface area (Å²) in [5.74, 6) is 0.620. The lowest BCUT2D eigenvalue weighted by Crippen LogP contribution is -1.93. The number of nitrogens with zero attached hydrogens (tertiary/aromatic N) is 2. The molecule has 2 heterocycles. The summed E-state index contributed by atoms with van der Waals surface area (Å²) in [5.41, 5.74) is 15.5. The molecule has 0 amide bonds. The molecule has 10 rings (SSSR count). The smallest absolute Gasteiger partial charge is 0.227 e. The molecule has 0 N–H and O–H groups in total. The number of aromatic nitrogens is 2. The highest BCUT2D eigenvalue weighted by Gasteiger charge is 2.17. The van der Waals surface area contributed by atoms with E-state index in [0.29, 0.717) is 5.89 Å². The average molecular weight is 665 g/mol. The molecule has 0 aliphatic rings. The van der Waals surface area contributed by atoms with E-state index in [1.54, 1.807) is 0 Å². The van der Waals surface area contributed by atoms with Gasteiger partial charge in [0.25, 0.3) is 0 Å². The first-order chi connectivity index (χ1) is 25.8. The Morgan fingerprint density at radius 1 is 0.365 bits per heavy atom. The first-order valence-corrected chi connectivity index (χ1v) is 17.6. The third-order valence-electron chi connectivity index (χ3n) is 10.1. The molecule has 52 heavy (non-hydrogen) atoms. The van der Waals surface area contributed by atoms with Gasteiger partial charge in [-0.2, -0.15) is 0 Å². The molecule has 2 aromatic heterocycles. The Morgan fingerprint density at radius 3 is 1.67 bits per heavy atom. The molecule has 3 heteroatoms. The van der Waals surface area contributed by atoms with E-state index in [4.69, 9.17) is 9.40 Å². The molecule has 0 saturated heterocycles. The van der Waals surface area contributed by atoms with Crippen molar-refractivity contribution in [1.82, 2.24) is 9.55 Å². The molecule has 10 aromatic rings. The van der Waals surface area contributed by atoms with E-state index < -0.39 is 0 Å². The fraction of sp³-hybridized carbons (Fsp3) is 0. The van der Waals surface area contributed by atoms with E-state index in [9.17, 15) is 0 Å². The van der Waals surface area contributed by atoms with Crippen LogP contribution in [0.2, 0.25) is 0 Å². The van der Waals surface area contributed by atoms with Crippen LogP contribution in [0.25, 0.3) is 94.6 Å². The first kappa shape index (κ1) is 29.9. The summed E-state index contributed by atoms with van der Waals surface area (Å²) in [5, 5.41) is 2.49. The van der Waals surface area contributed by atoms with Gasteiger partial charge < -0.3 is 8.98 Å². The molecule has 244 valence electrons. The summed E-state index contributed by atoms with van der Waals surface area (Å²) in [7, 11) is 0. The number of fused-ring (bicyclic) bond motifs is 4. The van der Waals surface area contributed by atoms with Gasteiger partial charge in [0.05, 0.1) is 11.0 Å². The maximum absolute atomic E-state index is 6.29. The summed E-state index contributed by atoms with van der Waals surface area (Å²) in [6.07, 6.45) is 0. The van der Waals surface area contributed by atoms with Gasteiger partial charge in [-0.3, -0.25) is 0 Å². The van der Waals surface area contributed by atoms with Gasteiger partial charge in [0.1, 0.15) is 5.52 Å². The Balaban J connectivity index is 1.02. The van der Waals surface area contributed by atoms with Crippen molar-refractivity contribution >= 4 is 32.9 Å². The minimum Gasteiger partial charge on any atom is -0.436 e. The van der Waals surface area contributed by atoms with Crippen molar-refractivity contribution in [3.63, 3.8) is 0 Å². The van der Waals surface area contributed by atoms with Gasteiger partial charge in [-0.25, -0.2) is 4.98 Å². The highest BCUT2D eigenvalue weighted by atomic mass is 16.3. The molecule has 0 radical (unpaired) electrons. The van der Waals surface area contributed by atoms with Gasteiger partial charge in [0, 0.05) is 22.0 Å². The highest BCUT2D eigenvalue weighted by molar-refractivity contribution is 6.11. The predicted molar refractivity (Wildman–Crippen MR) is 216 cm³/mol. The molecule has 0 aliphatic carbocycles. The van der Waals surface area contributed by atoms with Crippen molar-refractivity contribution in [3.05, 3.63) is 194 Å². The molecule has 0 bridgehead atoms. The Labute approximate surface area is 301 Å². The molecular formula is C49H32N2O. The van der Waals surface area contributed by atoms with E-state index in [0.717, 1.165) is 39.0 Å². The van der Waals surface area contributed by atoms with Crippen molar-refractivity contribution in [2.75, 3.05) is 0 Å². The third-order valence-corrected chi connectivity index (χ3v) is 10.1. The standard InChI is InChI=1S/C49H32N2O/c1-3-13-33(14-4-1)36-27-29-45-48(32-36)52-49(50-45)35-25-23-34(24-26-35)39-17-7-9-19-41(39)42-20-10-8-18-40(42)37-28-30-47-44(31-37)43-21-11-12-22-46(43)51(47)38-15-5-2-6-16-38/h1-32H. The van der Waals surface area contributed by atoms with Crippen LogP contribution in [0.15, 0.2) is 199 Å². The minimum absolute atomic E-state index is 0.620. The lowest BCUT2D eigenvalue weighted by molar-refractivity contribution is 0.620. The molecule has 0 fully saturated rings. The molecular weight excluding hydrogens is 633 g/mol. The summed E-state index contributed by atoms with van der Waals surface area (Å²) in [6, 6.07) is 68.7. The van der Waals surface area contributed by atoms with Crippen LogP contribution in [0.1, 0.15) is 0 Å². The second-order valence-corrected chi connectivity index (χ2v) is 13.2. The SMILES string of the molecule is c1ccc(-c2ccc3nc(-c4ccc(-c5ccccc5-c5ccccc5-c5ccc6c(c5)c5ccccc5n6-c5ccccc5)cc4)oc3c2)cc1. The number of oxazole rings is 1. The van der Waals surface area contributed by atoms with Gasteiger partial charge in [-0.15, -0.1) is 0 Å². The van der Waals surface area contributed by atoms with Crippen LogP contribution in [0, 0.1) is 0 Å². The second kappa shape index (κ2) is 12.4. The number of hydrogen-bond donors (Lipinski definition) is 0. The van der Waals surface area contributed by atoms with Crippen LogP contribution in [0.4, 0.5) is 0 Å². The lowest BCUT2D eigenvalue weighted by atomic mass is 9.89.